The number of hydrogen-bond acceptors (Lipinski definition) is 2. The number of hydrogen-bond donors (Lipinski definition) is 0. The Hall–Kier alpha value is -0.370. The summed E-state index contributed by atoms with van der Waals surface area (Å²) in [7, 11) is 1.77. The molecule has 2 heteroatoms. The highest BCUT2D eigenvalue weighted by molar-refractivity contribution is 5.86. The molecule has 0 aromatic carbocycles. The van der Waals surface area contributed by atoms with E-state index in [9.17, 15) is 4.79 Å². The monoisotopic (exact) mass is 238 g/mol. The van der Waals surface area contributed by atoms with E-state index in [1.165, 1.54) is 25.7 Å². The van der Waals surface area contributed by atoms with Crippen molar-refractivity contribution in [3.05, 3.63) is 0 Å². The van der Waals surface area contributed by atoms with Crippen LogP contribution >= 0.6 is 0 Å². The van der Waals surface area contributed by atoms with E-state index < -0.39 is 0 Å². The predicted octanol–water partition coefficient (Wildman–Crippen LogP) is 3.59. The molecular weight excluding hydrogens is 212 g/mol. The van der Waals surface area contributed by atoms with Crippen molar-refractivity contribution < 1.29 is 9.53 Å². The molecule has 2 saturated carbocycles. The lowest BCUT2D eigenvalue weighted by Crippen LogP contribution is -2.48. The fourth-order valence-corrected chi connectivity index (χ4v) is 3.90. The van der Waals surface area contributed by atoms with E-state index in [2.05, 4.69) is 20.8 Å². The molecule has 0 N–H and O–H groups in total. The van der Waals surface area contributed by atoms with Crippen LogP contribution in [-0.2, 0) is 9.53 Å². The third-order valence-corrected chi connectivity index (χ3v) is 5.23. The number of carbonyl (C=O) groups excluding carboxylic acids is 1. The first-order chi connectivity index (χ1) is 7.90. The summed E-state index contributed by atoms with van der Waals surface area (Å²) in [6.45, 7) is 6.62. The van der Waals surface area contributed by atoms with Gasteiger partial charge in [0.15, 0.2) is 0 Å². The van der Waals surface area contributed by atoms with Gasteiger partial charge in [0.1, 0.15) is 5.78 Å². The standard InChI is InChI=1S/C15H26O2/c1-14(2)9-8-11-6-5-7-13(17-4)15(11,3)12(16)10-14/h11,13H,5-10H2,1-4H3/t11-,13-,15-/m1/s1. The largest absolute Gasteiger partial charge is 0.380 e. The van der Waals surface area contributed by atoms with Crippen LogP contribution in [0.25, 0.3) is 0 Å². The summed E-state index contributed by atoms with van der Waals surface area (Å²) in [5.41, 5.74) is -0.0451. The van der Waals surface area contributed by atoms with Gasteiger partial charge in [0, 0.05) is 13.5 Å². The van der Waals surface area contributed by atoms with E-state index in [1.54, 1.807) is 7.11 Å². The SMILES string of the molecule is CO[C@@H]1CCC[C@@H]2CCC(C)(C)CC(=O)[C@@]21C. The molecule has 0 amide bonds. The lowest BCUT2D eigenvalue weighted by Gasteiger charge is -2.44. The van der Waals surface area contributed by atoms with Gasteiger partial charge in [0.2, 0.25) is 0 Å². The summed E-state index contributed by atoms with van der Waals surface area (Å²) in [4.78, 5) is 12.7. The van der Waals surface area contributed by atoms with Crippen LogP contribution in [-0.4, -0.2) is 19.0 Å². The van der Waals surface area contributed by atoms with Crippen molar-refractivity contribution in [3.63, 3.8) is 0 Å². The molecule has 0 saturated heterocycles. The van der Waals surface area contributed by atoms with Gasteiger partial charge in [-0.1, -0.05) is 20.3 Å². The molecule has 2 rings (SSSR count). The highest BCUT2D eigenvalue weighted by Gasteiger charge is 2.52. The van der Waals surface area contributed by atoms with Gasteiger partial charge in [0.25, 0.3) is 0 Å². The molecule has 0 aromatic rings. The minimum atomic E-state index is -0.221. The van der Waals surface area contributed by atoms with E-state index in [1.807, 2.05) is 0 Å². The maximum absolute atomic E-state index is 12.7. The van der Waals surface area contributed by atoms with Gasteiger partial charge < -0.3 is 4.74 Å². The van der Waals surface area contributed by atoms with Crippen molar-refractivity contribution in [3.8, 4) is 0 Å². The predicted molar refractivity (Wildman–Crippen MR) is 68.9 cm³/mol. The molecule has 0 spiro atoms. The van der Waals surface area contributed by atoms with Crippen LogP contribution in [0, 0.1) is 16.7 Å². The van der Waals surface area contributed by atoms with E-state index in [-0.39, 0.29) is 16.9 Å². The number of carbonyl (C=O) groups is 1. The Kier molecular flexibility index (Phi) is 3.37. The minimum absolute atomic E-state index is 0.141. The third-order valence-electron chi connectivity index (χ3n) is 5.23. The van der Waals surface area contributed by atoms with Gasteiger partial charge >= 0.3 is 0 Å². The van der Waals surface area contributed by atoms with Crippen molar-refractivity contribution in [1.82, 2.24) is 0 Å². The van der Waals surface area contributed by atoms with Crippen LogP contribution in [0.15, 0.2) is 0 Å². The Morgan fingerprint density at radius 2 is 1.88 bits per heavy atom. The van der Waals surface area contributed by atoms with Crippen molar-refractivity contribution in [2.45, 2.75) is 65.4 Å². The summed E-state index contributed by atoms with van der Waals surface area (Å²) in [6, 6.07) is 0. The van der Waals surface area contributed by atoms with E-state index in [0.717, 1.165) is 12.8 Å². The molecular formula is C15H26O2. The topological polar surface area (TPSA) is 26.3 Å². The zero-order valence-electron chi connectivity index (χ0n) is 11.7. The van der Waals surface area contributed by atoms with Crippen molar-refractivity contribution in [2.75, 3.05) is 7.11 Å². The summed E-state index contributed by atoms with van der Waals surface area (Å²) in [5.74, 6) is 0.979. The Bertz CT molecular complexity index is 308. The highest BCUT2D eigenvalue weighted by atomic mass is 16.5. The van der Waals surface area contributed by atoms with Gasteiger partial charge in [-0.25, -0.2) is 0 Å². The summed E-state index contributed by atoms with van der Waals surface area (Å²) in [6.07, 6.45) is 6.70. The molecule has 2 nitrogen and oxygen atoms in total. The van der Waals surface area contributed by atoms with Crippen molar-refractivity contribution >= 4 is 5.78 Å². The van der Waals surface area contributed by atoms with Crippen LogP contribution in [0.1, 0.15) is 59.3 Å². The second kappa shape index (κ2) is 4.38. The molecule has 0 aliphatic heterocycles. The van der Waals surface area contributed by atoms with Crippen LogP contribution in [0.3, 0.4) is 0 Å². The molecule has 0 bridgehead atoms. The van der Waals surface area contributed by atoms with Crippen LogP contribution in [0.4, 0.5) is 0 Å². The maximum atomic E-state index is 12.7. The fourth-order valence-electron chi connectivity index (χ4n) is 3.90. The molecule has 2 fully saturated rings. The molecule has 2 aliphatic carbocycles. The first-order valence-corrected chi connectivity index (χ1v) is 6.96. The molecule has 17 heavy (non-hydrogen) atoms. The zero-order valence-corrected chi connectivity index (χ0v) is 11.7. The summed E-state index contributed by atoms with van der Waals surface area (Å²) in [5, 5.41) is 0. The average Bonchev–Trinajstić information content (AvgIpc) is 2.34. The lowest BCUT2D eigenvalue weighted by atomic mass is 9.62. The second-order valence-corrected chi connectivity index (χ2v) is 6.94. The van der Waals surface area contributed by atoms with Gasteiger partial charge in [-0.3, -0.25) is 4.79 Å². The van der Waals surface area contributed by atoms with E-state index in [4.69, 9.17) is 4.74 Å². The highest BCUT2D eigenvalue weighted by Crippen LogP contribution is 2.51. The normalized spacial score (nSPS) is 41.8. The molecule has 0 radical (unpaired) electrons. The Labute approximate surface area is 105 Å². The van der Waals surface area contributed by atoms with Gasteiger partial charge in [-0.15, -0.1) is 0 Å². The molecule has 0 unspecified atom stereocenters. The molecule has 0 aromatic heterocycles. The number of fused-ring (bicyclic) bond motifs is 1. The average molecular weight is 238 g/mol. The number of ketones is 1. The van der Waals surface area contributed by atoms with Crippen molar-refractivity contribution in [1.29, 1.82) is 0 Å². The molecule has 0 heterocycles. The van der Waals surface area contributed by atoms with E-state index >= 15 is 0 Å². The molecule has 3 atom stereocenters. The van der Waals surface area contributed by atoms with Crippen molar-refractivity contribution in [2.24, 2.45) is 16.7 Å². The first-order valence-electron chi connectivity index (χ1n) is 6.96. The van der Waals surface area contributed by atoms with Gasteiger partial charge in [-0.2, -0.15) is 0 Å². The fraction of sp³-hybridized carbons (Fsp3) is 0.933. The number of rotatable bonds is 1. The van der Waals surface area contributed by atoms with Crippen LogP contribution < -0.4 is 0 Å². The zero-order chi connectivity index (χ0) is 12.7. The summed E-state index contributed by atoms with van der Waals surface area (Å²) >= 11 is 0. The van der Waals surface area contributed by atoms with Gasteiger partial charge in [-0.05, 0) is 43.9 Å². The number of Topliss-reactive ketones (excluding diaryl/α,β-unsaturated/α-hetero) is 1. The number of methoxy groups -OCH3 is 1. The Balaban J connectivity index is 2.32. The second-order valence-electron chi connectivity index (χ2n) is 6.94. The van der Waals surface area contributed by atoms with Crippen LogP contribution in [0.2, 0.25) is 0 Å². The van der Waals surface area contributed by atoms with E-state index in [0.29, 0.717) is 11.7 Å². The third kappa shape index (κ3) is 2.16. The quantitative estimate of drug-likeness (QED) is 0.698. The molecule has 2 aliphatic rings. The Morgan fingerprint density at radius 1 is 1.18 bits per heavy atom. The Morgan fingerprint density at radius 3 is 2.53 bits per heavy atom. The van der Waals surface area contributed by atoms with Crippen LogP contribution in [0.5, 0.6) is 0 Å². The smallest absolute Gasteiger partial charge is 0.142 e. The maximum Gasteiger partial charge on any atom is 0.142 e. The first kappa shape index (κ1) is 13.1. The van der Waals surface area contributed by atoms with Gasteiger partial charge in [0.05, 0.1) is 11.5 Å². The summed E-state index contributed by atoms with van der Waals surface area (Å²) < 4.78 is 5.64. The lowest BCUT2D eigenvalue weighted by molar-refractivity contribution is -0.146. The number of ether oxygens (including phenoxy) is 1. The minimum Gasteiger partial charge on any atom is -0.380 e. The molecule has 98 valence electrons.